The predicted molar refractivity (Wildman–Crippen MR) is 95.7 cm³/mol. The summed E-state index contributed by atoms with van der Waals surface area (Å²) in [6.07, 6.45) is 3.74. The van der Waals surface area contributed by atoms with E-state index in [-0.39, 0.29) is 5.91 Å². The van der Waals surface area contributed by atoms with Gasteiger partial charge in [-0.2, -0.15) is 0 Å². The minimum Gasteiger partial charge on any atom is -0.364 e. The number of rotatable bonds is 6. The largest absolute Gasteiger partial charge is 0.364 e. The molecular weight excluding hydrogens is 330 g/mol. The van der Waals surface area contributed by atoms with E-state index in [1.165, 1.54) is 11.8 Å². The summed E-state index contributed by atoms with van der Waals surface area (Å²) < 4.78 is 4.86. The molecule has 0 fully saturated rings. The van der Waals surface area contributed by atoms with Crippen LogP contribution in [0.3, 0.4) is 0 Å². The highest BCUT2D eigenvalue weighted by Crippen LogP contribution is 2.21. The van der Waals surface area contributed by atoms with Crippen LogP contribution >= 0.6 is 0 Å². The first-order valence-corrected chi connectivity index (χ1v) is 8.64. The third kappa shape index (κ3) is 3.56. The van der Waals surface area contributed by atoms with E-state index >= 15 is 0 Å². The van der Waals surface area contributed by atoms with Crippen molar-refractivity contribution in [1.29, 1.82) is 0 Å². The second-order valence-electron chi connectivity index (χ2n) is 6.15. The average Bonchev–Trinajstić information content (AvgIpc) is 3.19. The zero-order valence-corrected chi connectivity index (χ0v) is 14.2. The Kier molecular flexibility index (Phi) is 4.59. The lowest BCUT2D eigenvalue weighted by atomic mass is 10.1. The molecule has 2 aromatic heterocycles. The van der Waals surface area contributed by atoms with Gasteiger partial charge >= 0.3 is 0 Å². The first kappa shape index (κ1) is 16.3. The maximum Gasteiger partial charge on any atom is 0.270 e. The van der Waals surface area contributed by atoms with Gasteiger partial charge in [0, 0.05) is 24.6 Å². The highest BCUT2D eigenvalue weighted by atomic mass is 16.5. The summed E-state index contributed by atoms with van der Waals surface area (Å²) in [6.45, 7) is 1.08. The predicted octanol–water partition coefficient (Wildman–Crippen LogP) is 2.15. The van der Waals surface area contributed by atoms with E-state index in [1.807, 2.05) is 18.2 Å². The molecule has 0 atom stereocenters. The summed E-state index contributed by atoms with van der Waals surface area (Å²) in [4.78, 5) is 21.4. The van der Waals surface area contributed by atoms with Gasteiger partial charge in [0.25, 0.3) is 5.91 Å². The number of hydrogen-bond acceptors (Lipinski definition) is 6. The number of benzene rings is 1. The molecule has 3 heterocycles. The van der Waals surface area contributed by atoms with E-state index in [0.29, 0.717) is 43.3 Å². The molecule has 0 radical (unpaired) electrons. The van der Waals surface area contributed by atoms with Crippen molar-refractivity contribution in [2.75, 3.05) is 11.9 Å². The number of amides is 1. The van der Waals surface area contributed by atoms with Crippen LogP contribution in [0.1, 0.15) is 33.1 Å². The van der Waals surface area contributed by atoms with Crippen LogP contribution in [0.5, 0.6) is 0 Å². The van der Waals surface area contributed by atoms with Crippen LogP contribution in [0.2, 0.25) is 0 Å². The van der Waals surface area contributed by atoms with Gasteiger partial charge < -0.3 is 15.2 Å². The molecule has 0 spiro atoms. The summed E-state index contributed by atoms with van der Waals surface area (Å²) >= 11 is 0. The van der Waals surface area contributed by atoms with E-state index in [4.69, 9.17) is 4.52 Å². The van der Waals surface area contributed by atoms with Crippen molar-refractivity contribution in [2.24, 2.45) is 0 Å². The summed E-state index contributed by atoms with van der Waals surface area (Å²) in [5.41, 5.74) is 3.33. The molecule has 0 saturated heterocycles. The molecule has 1 aliphatic heterocycles. The lowest BCUT2D eigenvalue weighted by Gasteiger charge is -2.20. The molecule has 1 aliphatic rings. The summed E-state index contributed by atoms with van der Waals surface area (Å²) in [5, 5.41) is 10.0. The van der Waals surface area contributed by atoms with E-state index in [9.17, 15) is 4.79 Å². The maximum absolute atomic E-state index is 12.2. The Hall–Kier alpha value is -3.22. The van der Waals surface area contributed by atoms with Crippen molar-refractivity contribution < 1.29 is 9.32 Å². The zero-order chi connectivity index (χ0) is 17.8. The molecule has 2 N–H and O–H groups in total. The van der Waals surface area contributed by atoms with Crippen molar-refractivity contribution >= 4 is 11.7 Å². The molecule has 7 heteroatoms. The van der Waals surface area contributed by atoms with Crippen LogP contribution in [0, 0.1) is 0 Å². The molecule has 1 aromatic carbocycles. The van der Waals surface area contributed by atoms with Gasteiger partial charge in [-0.05, 0) is 18.4 Å². The highest BCUT2D eigenvalue weighted by molar-refractivity contribution is 5.96. The molecule has 132 valence electrons. The van der Waals surface area contributed by atoms with Gasteiger partial charge in [0.2, 0.25) is 0 Å². The Balaban J connectivity index is 1.58. The van der Waals surface area contributed by atoms with Crippen molar-refractivity contribution in [3.05, 3.63) is 71.0 Å². The summed E-state index contributed by atoms with van der Waals surface area (Å²) in [6, 6.07) is 12.0. The number of anilines is 1. The van der Waals surface area contributed by atoms with Gasteiger partial charge in [0.05, 0.1) is 6.54 Å². The van der Waals surface area contributed by atoms with E-state index in [2.05, 4.69) is 37.9 Å². The van der Waals surface area contributed by atoms with Crippen LogP contribution in [-0.2, 0) is 25.8 Å². The van der Waals surface area contributed by atoms with Gasteiger partial charge in [-0.15, -0.1) is 0 Å². The van der Waals surface area contributed by atoms with Crippen LogP contribution < -0.4 is 10.6 Å². The summed E-state index contributed by atoms with van der Waals surface area (Å²) in [7, 11) is 0. The smallest absolute Gasteiger partial charge is 0.270 e. The fourth-order valence-corrected chi connectivity index (χ4v) is 3.00. The highest BCUT2D eigenvalue weighted by Gasteiger charge is 2.23. The molecule has 0 saturated carbocycles. The average molecular weight is 349 g/mol. The molecule has 0 bridgehead atoms. The molecule has 26 heavy (non-hydrogen) atoms. The molecule has 0 unspecified atom stereocenters. The molecular formula is C19H19N5O2. The number of aryl methyl sites for hydroxylation is 2. The molecule has 1 amide bonds. The van der Waals surface area contributed by atoms with Crippen LogP contribution in [-0.4, -0.2) is 27.6 Å². The number of fused-ring (bicyclic) bond motifs is 1. The Labute approximate surface area is 150 Å². The first-order chi connectivity index (χ1) is 12.8. The lowest BCUT2D eigenvalue weighted by Crippen LogP contribution is -2.34. The van der Waals surface area contributed by atoms with Crippen LogP contribution in [0.25, 0.3) is 0 Å². The van der Waals surface area contributed by atoms with Crippen molar-refractivity contribution in [1.82, 2.24) is 20.4 Å². The number of nitrogens with one attached hydrogen (secondary N) is 2. The maximum atomic E-state index is 12.2. The van der Waals surface area contributed by atoms with Crippen molar-refractivity contribution in [2.45, 2.75) is 25.8 Å². The fraction of sp³-hybridized carbons (Fsp3) is 0.263. The first-order valence-electron chi connectivity index (χ1n) is 8.64. The Morgan fingerprint density at radius 1 is 1.12 bits per heavy atom. The summed E-state index contributed by atoms with van der Waals surface area (Å²) in [5.74, 6) is 1.22. The third-order valence-corrected chi connectivity index (χ3v) is 4.34. The van der Waals surface area contributed by atoms with Gasteiger partial charge in [-0.1, -0.05) is 35.5 Å². The normalized spacial score (nSPS) is 13.2. The van der Waals surface area contributed by atoms with E-state index in [1.54, 1.807) is 6.07 Å². The number of carbonyl (C=O) groups is 1. The quantitative estimate of drug-likeness (QED) is 0.708. The second-order valence-corrected chi connectivity index (χ2v) is 6.15. The third-order valence-electron chi connectivity index (χ3n) is 4.34. The van der Waals surface area contributed by atoms with E-state index < -0.39 is 0 Å². The number of nitrogens with zero attached hydrogens (tertiary/aromatic N) is 3. The fourth-order valence-electron chi connectivity index (χ4n) is 3.00. The molecule has 3 aromatic rings. The lowest BCUT2D eigenvalue weighted by molar-refractivity contribution is 0.0940. The standard InChI is InChI=1S/C19H19N5O2/c25-19-17-15(8-10-20-19)18(21-12-14-9-11-26-24-14)23-16(22-17)7-6-13-4-2-1-3-5-13/h1-5,9,11H,6-8,10,12H2,(H,20,25)(H,21,22,23). The minimum absolute atomic E-state index is 0.140. The van der Waals surface area contributed by atoms with Crippen molar-refractivity contribution in [3.63, 3.8) is 0 Å². The Bertz CT molecular complexity index is 894. The van der Waals surface area contributed by atoms with E-state index in [0.717, 1.165) is 17.7 Å². The number of aromatic nitrogens is 3. The number of hydrogen-bond donors (Lipinski definition) is 2. The van der Waals surface area contributed by atoms with Gasteiger partial charge in [-0.3, -0.25) is 4.79 Å². The minimum atomic E-state index is -0.140. The second kappa shape index (κ2) is 7.35. The molecule has 4 rings (SSSR count). The Morgan fingerprint density at radius 2 is 2.00 bits per heavy atom. The monoisotopic (exact) mass is 349 g/mol. The number of carbonyl (C=O) groups excluding carboxylic acids is 1. The zero-order valence-electron chi connectivity index (χ0n) is 14.2. The van der Waals surface area contributed by atoms with Gasteiger partial charge in [0.15, 0.2) is 0 Å². The van der Waals surface area contributed by atoms with Crippen LogP contribution in [0.15, 0.2) is 47.2 Å². The topological polar surface area (TPSA) is 92.9 Å². The van der Waals surface area contributed by atoms with Crippen LogP contribution in [0.4, 0.5) is 5.82 Å². The SMILES string of the molecule is O=C1NCCc2c(NCc3ccon3)nc(CCc3ccccc3)nc21. The molecule has 0 aliphatic carbocycles. The van der Waals surface area contributed by atoms with Gasteiger partial charge in [0.1, 0.15) is 29.3 Å². The van der Waals surface area contributed by atoms with Gasteiger partial charge in [-0.25, -0.2) is 9.97 Å². The Morgan fingerprint density at radius 3 is 2.81 bits per heavy atom. The molecule has 7 nitrogen and oxygen atoms in total. The van der Waals surface area contributed by atoms with Crippen molar-refractivity contribution in [3.8, 4) is 0 Å².